The quantitative estimate of drug-likeness (QED) is 0.346. The second-order valence-electron chi connectivity index (χ2n) is 10.8. The van der Waals surface area contributed by atoms with E-state index in [-0.39, 0.29) is 12.2 Å². The zero-order valence-electron chi connectivity index (χ0n) is 22.9. The van der Waals surface area contributed by atoms with Crippen LogP contribution in [0.2, 0.25) is 0 Å². The Morgan fingerprint density at radius 2 is 1.11 bits per heavy atom. The van der Waals surface area contributed by atoms with Gasteiger partial charge in [-0.15, -0.1) is 0 Å². The van der Waals surface area contributed by atoms with E-state index in [0.717, 1.165) is 70.9 Å². The molecule has 2 heterocycles. The first-order valence-corrected chi connectivity index (χ1v) is 13.2. The number of aromatic hydroxyl groups is 1. The van der Waals surface area contributed by atoms with Crippen molar-refractivity contribution in [2.45, 2.75) is 66.6 Å². The van der Waals surface area contributed by atoms with Crippen LogP contribution in [-0.4, -0.2) is 43.7 Å². The molecule has 0 spiro atoms. The highest BCUT2D eigenvalue weighted by molar-refractivity contribution is 5.54. The van der Waals surface area contributed by atoms with Crippen LogP contribution in [-0.2, 0) is 22.3 Å². The molecule has 37 heavy (non-hydrogen) atoms. The van der Waals surface area contributed by atoms with Crippen molar-refractivity contribution in [3.63, 3.8) is 0 Å². The number of benzene rings is 3. The molecule has 0 aromatic heterocycles. The average molecular weight is 503 g/mol. The zero-order chi connectivity index (χ0) is 26.3. The van der Waals surface area contributed by atoms with Gasteiger partial charge in [0, 0.05) is 0 Å². The number of phenols is 1. The Morgan fingerprint density at radius 1 is 0.676 bits per heavy atom. The van der Waals surface area contributed by atoms with Crippen LogP contribution < -0.4 is 9.47 Å². The lowest BCUT2D eigenvalue weighted by molar-refractivity contribution is 0.260. The lowest BCUT2D eigenvalue weighted by Crippen LogP contribution is -2.08. The van der Waals surface area contributed by atoms with Gasteiger partial charge >= 0.3 is 0 Å². The fourth-order valence-corrected chi connectivity index (χ4v) is 5.34. The van der Waals surface area contributed by atoms with Crippen LogP contribution in [0.3, 0.4) is 0 Å². The maximum Gasteiger partial charge on any atom is 0.125 e. The number of rotatable bonds is 10. The highest BCUT2D eigenvalue weighted by Gasteiger charge is 2.25. The summed E-state index contributed by atoms with van der Waals surface area (Å²) in [5, 5.41) is 10.8. The van der Waals surface area contributed by atoms with Crippen molar-refractivity contribution < 1.29 is 24.1 Å². The third-order valence-electron chi connectivity index (χ3n) is 7.41. The topological polar surface area (TPSA) is 63.8 Å². The molecule has 5 rings (SSSR count). The number of hydrogen-bond donors (Lipinski definition) is 1. The predicted octanol–water partition coefficient (Wildman–Crippen LogP) is 5.98. The molecule has 0 aliphatic carbocycles. The number of hydrogen-bond acceptors (Lipinski definition) is 5. The van der Waals surface area contributed by atoms with Crippen LogP contribution in [0, 0.1) is 41.5 Å². The van der Waals surface area contributed by atoms with Crippen molar-refractivity contribution in [2.75, 3.05) is 26.4 Å². The van der Waals surface area contributed by atoms with Gasteiger partial charge in [-0.05, 0) is 110 Å². The molecular weight excluding hydrogens is 464 g/mol. The normalized spacial score (nSPS) is 18.1. The minimum atomic E-state index is 0.235. The lowest BCUT2D eigenvalue weighted by Gasteiger charge is -2.19. The van der Waals surface area contributed by atoms with Gasteiger partial charge in [-0.25, -0.2) is 0 Å². The average Bonchev–Trinajstić information content (AvgIpc) is 3.75. The molecule has 2 aliphatic rings. The van der Waals surface area contributed by atoms with E-state index < -0.39 is 0 Å². The van der Waals surface area contributed by atoms with Gasteiger partial charge < -0.3 is 24.1 Å². The Balaban J connectivity index is 1.42. The maximum absolute atomic E-state index is 10.8. The first-order valence-electron chi connectivity index (χ1n) is 13.2. The molecule has 2 atom stereocenters. The highest BCUT2D eigenvalue weighted by atomic mass is 16.6. The molecule has 5 heteroatoms. The second kappa shape index (κ2) is 10.4. The van der Waals surface area contributed by atoms with Crippen molar-refractivity contribution in [3.8, 4) is 17.2 Å². The van der Waals surface area contributed by atoms with Gasteiger partial charge in [-0.1, -0.05) is 30.3 Å². The third-order valence-corrected chi connectivity index (χ3v) is 7.41. The molecule has 0 saturated carbocycles. The summed E-state index contributed by atoms with van der Waals surface area (Å²) < 4.78 is 22.7. The SMILES string of the molecule is Cc1cc(Cc2cc(C)c(OCC3CO3)c(C)c2)c(Cc2cc(C)c(OCC3CO3)c(C)c2)c(C)c1O. The van der Waals surface area contributed by atoms with Crippen LogP contribution in [0.1, 0.15) is 55.6 Å². The largest absolute Gasteiger partial charge is 0.507 e. The number of ether oxygens (including phenoxy) is 4. The van der Waals surface area contributed by atoms with Crippen molar-refractivity contribution >= 4 is 0 Å². The van der Waals surface area contributed by atoms with E-state index >= 15 is 0 Å². The van der Waals surface area contributed by atoms with E-state index in [1.807, 2.05) is 13.8 Å². The van der Waals surface area contributed by atoms with E-state index in [0.29, 0.717) is 19.0 Å². The summed E-state index contributed by atoms with van der Waals surface area (Å²) in [6, 6.07) is 11.0. The van der Waals surface area contributed by atoms with Gasteiger partial charge in [0.1, 0.15) is 42.7 Å². The fourth-order valence-electron chi connectivity index (χ4n) is 5.34. The smallest absolute Gasteiger partial charge is 0.125 e. The van der Waals surface area contributed by atoms with E-state index in [1.54, 1.807) is 0 Å². The Hall–Kier alpha value is -3.02. The molecule has 5 nitrogen and oxygen atoms in total. The Morgan fingerprint density at radius 3 is 1.54 bits per heavy atom. The summed E-state index contributed by atoms with van der Waals surface area (Å²) in [4.78, 5) is 0. The summed E-state index contributed by atoms with van der Waals surface area (Å²) >= 11 is 0. The predicted molar refractivity (Wildman–Crippen MR) is 145 cm³/mol. The van der Waals surface area contributed by atoms with Crippen molar-refractivity contribution in [3.05, 3.63) is 86.0 Å². The molecule has 2 unspecified atom stereocenters. The molecule has 0 amide bonds. The lowest BCUT2D eigenvalue weighted by atomic mass is 9.88. The van der Waals surface area contributed by atoms with E-state index in [1.165, 1.54) is 22.3 Å². The summed E-state index contributed by atoms with van der Waals surface area (Å²) in [7, 11) is 0. The minimum absolute atomic E-state index is 0.235. The second-order valence-corrected chi connectivity index (χ2v) is 10.8. The van der Waals surface area contributed by atoms with Crippen LogP contribution in [0.5, 0.6) is 17.2 Å². The number of phenolic OH excluding ortho intramolecular Hbond substituents is 1. The highest BCUT2D eigenvalue weighted by Crippen LogP contribution is 2.34. The first kappa shape index (κ1) is 25.6. The van der Waals surface area contributed by atoms with Gasteiger partial charge in [0.25, 0.3) is 0 Å². The molecule has 2 saturated heterocycles. The molecular formula is C32H38O5. The monoisotopic (exact) mass is 502 g/mol. The Bertz CT molecular complexity index is 1270. The van der Waals surface area contributed by atoms with Crippen molar-refractivity contribution in [1.29, 1.82) is 0 Å². The summed E-state index contributed by atoms with van der Waals surface area (Å²) in [6.07, 6.45) is 2.03. The molecule has 2 aliphatic heterocycles. The molecule has 3 aromatic rings. The Kier molecular flexibility index (Phi) is 7.19. The number of epoxide rings is 2. The molecule has 2 fully saturated rings. The van der Waals surface area contributed by atoms with Gasteiger partial charge in [0.15, 0.2) is 0 Å². The van der Waals surface area contributed by atoms with Gasteiger partial charge in [0.05, 0.1) is 13.2 Å². The van der Waals surface area contributed by atoms with Crippen LogP contribution in [0.15, 0.2) is 30.3 Å². The van der Waals surface area contributed by atoms with Crippen LogP contribution >= 0.6 is 0 Å². The first-order chi connectivity index (χ1) is 17.7. The van der Waals surface area contributed by atoms with Gasteiger partial charge in [-0.2, -0.15) is 0 Å². The number of aryl methyl sites for hydroxylation is 5. The van der Waals surface area contributed by atoms with Crippen molar-refractivity contribution in [1.82, 2.24) is 0 Å². The Labute approximate surface area is 220 Å². The molecule has 0 radical (unpaired) electrons. The van der Waals surface area contributed by atoms with E-state index in [9.17, 15) is 5.11 Å². The summed E-state index contributed by atoms with van der Waals surface area (Å²) in [5.74, 6) is 2.29. The van der Waals surface area contributed by atoms with Gasteiger partial charge in [-0.3, -0.25) is 0 Å². The van der Waals surface area contributed by atoms with Crippen LogP contribution in [0.4, 0.5) is 0 Å². The van der Waals surface area contributed by atoms with E-state index in [4.69, 9.17) is 18.9 Å². The summed E-state index contributed by atoms with van der Waals surface area (Å²) in [6.45, 7) is 15.2. The summed E-state index contributed by atoms with van der Waals surface area (Å²) in [5.41, 5.74) is 11.3. The molecule has 3 aromatic carbocycles. The fraction of sp³-hybridized carbons (Fsp3) is 0.438. The van der Waals surface area contributed by atoms with Gasteiger partial charge in [0.2, 0.25) is 0 Å². The zero-order valence-corrected chi connectivity index (χ0v) is 22.9. The van der Waals surface area contributed by atoms with Crippen LogP contribution in [0.25, 0.3) is 0 Å². The maximum atomic E-state index is 10.8. The molecule has 1 N–H and O–H groups in total. The third kappa shape index (κ3) is 5.94. The van der Waals surface area contributed by atoms with E-state index in [2.05, 4.69) is 58.0 Å². The van der Waals surface area contributed by atoms with Crippen molar-refractivity contribution in [2.24, 2.45) is 0 Å². The minimum Gasteiger partial charge on any atom is -0.507 e. The standard InChI is InChI=1S/C32H38O5/c1-18-11-26(12-24-7-19(2)31(20(3)8-24)36-16-27-14-34-27)29(23(6)30(18)33)13-25-9-21(4)32(22(5)10-25)37-17-28-15-35-28/h7-11,27-28,33H,12-17H2,1-6H3. The molecule has 196 valence electrons. The molecule has 0 bridgehead atoms.